The van der Waals surface area contributed by atoms with Crippen LogP contribution in [0.4, 0.5) is 0 Å². The van der Waals surface area contributed by atoms with Gasteiger partial charge >= 0.3 is 0 Å². The van der Waals surface area contributed by atoms with Crippen molar-refractivity contribution in [1.82, 2.24) is 5.48 Å². The van der Waals surface area contributed by atoms with Crippen LogP contribution in [0.15, 0.2) is 0 Å². The maximum atomic E-state index is 4.92. The van der Waals surface area contributed by atoms with Crippen molar-refractivity contribution < 1.29 is 4.84 Å². The van der Waals surface area contributed by atoms with E-state index in [1.807, 2.05) is 20.8 Å². The molecule has 0 aliphatic heterocycles. The summed E-state index contributed by atoms with van der Waals surface area (Å²) in [5.74, 6) is 0. The zero-order valence-corrected chi connectivity index (χ0v) is 6.40. The summed E-state index contributed by atoms with van der Waals surface area (Å²) < 4.78 is 0. The van der Waals surface area contributed by atoms with Crippen LogP contribution >= 0.6 is 12.6 Å². The average Bonchev–Trinajstić information content (AvgIpc) is 1.61. The van der Waals surface area contributed by atoms with Gasteiger partial charge in [-0.05, 0) is 20.8 Å². The second kappa shape index (κ2) is 4.18. The zero-order valence-electron chi connectivity index (χ0n) is 5.51. The molecule has 1 atom stereocenters. The lowest BCUT2D eigenvalue weighted by atomic mass is 10.4. The Hall–Kier alpha value is 0.270. The second-order valence-corrected chi connectivity index (χ2v) is 2.72. The van der Waals surface area contributed by atoms with Crippen molar-refractivity contribution in [2.24, 2.45) is 0 Å². The number of hydroxylamine groups is 1. The normalized spacial score (nSPS) is 14.6. The molecule has 0 rings (SSSR count). The van der Waals surface area contributed by atoms with Crippen LogP contribution in [0.5, 0.6) is 0 Å². The van der Waals surface area contributed by atoms with Crippen LogP contribution in [0.25, 0.3) is 0 Å². The maximum absolute atomic E-state index is 4.92. The maximum Gasteiger partial charge on any atom is 0.119 e. The van der Waals surface area contributed by atoms with Crippen molar-refractivity contribution in [3.8, 4) is 0 Å². The summed E-state index contributed by atoms with van der Waals surface area (Å²) in [7, 11) is 0. The molecule has 0 aromatic heterocycles. The minimum atomic E-state index is -0.0302. The van der Waals surface area contributed by atoms with Crippen LogP contribution in [0.3, 0.4) is 0 Å². The van der Waals surface area contributed by atoms with Crippen molar-refractivity contribution in [3.63, 3.8) is 0 Å². The van der Waals surface area contributed by atoms with Gasteiger partial charge in [0.05, 0.1) is 0 Å². The number of hydrogen-bond donors (Lipinski definition) is 2. The molecule has 1 N–H and O–H groups in total. The third-order valence-electron chi connectivity index (χ3n) is 0.474. The topological polar surface area (TPSA) is 21.3 Å². The Morgan fingerprint density at radius 2 is 1.88 bits per heavy atom. The summed E-state index contributed by atoms with van der Waals surface area (Å²) in [6, 6.07) is 0.365. The van der Waals surface area contributed by atoms with Crippen LogP contribution in [-0.2, 0) is 4.84 Å². The smallest absolute Gasteiger partial charge is 0.119 e. The lowest BCUT2D eigenvalue weighted by molar-refractivity contribution is 0.0158. The standard InChI is InChI=1S/C5H13NOS/c1-4(2)6-7-5(3)8/h4-6,8H,1-3H3. The van der Waals surface area contributed by atoms with Crippen LogP contribution in [0, 0.1) is 0 Å². The highest BCUT2D eigenvalue weighted by atomic mass is 32.1. The molecule has 2 nitrogen and oxygen atoms in total. The molecule has 50 valence electrons. The van der Waals surface area contributed by atoms with Crippen molar-refractivity contribution in [2.45, 2.75) is 32.2 Å². The van der Waals surface area contributed by atoms with Crippen molar-refractivity contribution >= 4 is 12.6 Å². The molecule has 0 spiro atoms. The van der Waals surface area contributed by atoms with E-state index in [9.17, 15) is 0 Å². The number of rotatable bonds is 3. The van der Waals surface area contributed by atoms with Crippen molar-refractivity contribution in [2.75, 3.05) is 0 Å². The third kappa shape index (κ3) is 6.27. The highest BCUT2D eigenvalue weighted by Gasteiger charge is 1.93. The first-order valence-electron chi connectivity index (χ1n) is 2.72. The van der Waals surface area contributed by atoms with Gasteiger partial charge in [-0.2, -0.15) is 5.48 Å². The molecule has 0 saturated carbocycles. The van der Waals surface area contributed by atoms with Crippen molar-refractivity contribution in [1.29, 1.82) is 0 Å². The summed E-state index contributed by atoms with van der Waals surface area (Å²) in [4.78, 5) is 4.92. The third-order valence-corrected chi connectivity index (χ3v) is 0.580. The summed E-state index contributed by atoms with van der Waals surface area (Å²) >= 11 is 3.99. The minimum absolute atomic E-state index is 0.0302. The first-order valence-corrected chi connectivity index (χ1v) is 3.24. The Morgan fingerprint density at radius 3 is 2.00 bits per heavy atom. The van der Waals surface area contributed by atoms with Crippen LogP contribution in [0.1, 0.15) is 20.8 Å². The molecular formula is C5H13NOS. The van der Waals surface area contributed by atoms with Gasteiger partial charge in [0.15, 0.2) is 0 Å². The fourth-order valence-corrected chi connectivity index (χ4v) is 0.295. The van der Waals surface area contributed by atoms with Gasteiger partial charge in [0.1, 0.15) is 5.44 Å². The molecule has 1 unspecified atom stereocenters. The largest absolute Gasteiger partial charge is 0.288 e. The zero-order chi connectivity index (χ0) is 6.57. The van der Waals surface area contributed by atoms with E-state index >= 15 is 0 Å². The Balaban J connectivity index is 2.93. The summed E-state index contributed by atoms with van der Waals surface area (Å²) in [5, 5.41) is 0. The van der Waals surface area contributed by atoms with Gasteiger partial charge in [0, 0.05) is 6.04 Å². The molecule has 8 heavy (non-hydrogen) atoms. The van der Waals surface area contributed by atoms with Gasteiger partial charge in [-0.1, -0.05) is 0 Å². The Kier molecular flexibility index (Phi) is 4.32. The average molecular weight is 135 g/mol. The number of nitrogens with one attached hydrogen (secondary N) is 1. The summed E-state index contributed by atoms with van der Waals surface area (Å²) in [5.41, 5.74) is 2.74. The summed E-state index contributed by atoms with van der Waals surface area (Å²) in [6.07, 6.45) is 0. The van der Waals surface area contributed by atoms with E-state index in [-0.39, 0.29) is 5.44 Å². The van der Waals surface area contributed by atoms with E-state index in [1.54, 1.807) is 0 Å². The van der Waals surface area contributed by atoms with E-state index in [2.05, 4.69) is 18.1 Å². The van der Waals surface area contributed by atoms with Gasteiger partial charge in [-0.3, -0.25) is 4.84 Å². The van der Waals surface area contributed by atoms with Gasteiger partial charge < -0.3 is 0 Å². The summed E-state index contributed by atoms with van der Waals surface area (Å²) in [6.45, 7) is 5.88. The quantitative estimate of drug-likeness (QED) is 0.344. The molecule has 0 aliphatic rings. The van der Waals surface area contributed by atoms with Crippen LogP contribution in [0.2, 0.25) is 0 Å². The van der Waals surface area contributed by atoms with Crippen LogP contribution < -0.4 is 5.48 Å². The Labute approximate surface area is 56.0 Å². The monoisotopic (exact) mass is 135 g/mol. The first kappa shape index (κ1) is 8.27. The lowest BCUT2D eigenvalue weighted by Crippen LogP contribution is -2.25. The molecule has 0 aromatic carbocycles. The van der Waals surface area contributed by atoms with E-state index in [0.717, 1.165) is 0 Å². The van der Waals surface area contributed by atoms with E-state index in [1.165, 1.54) is 0 Å². The molecule has 0 fully saturated rings. The fraction of sp³-hybridized carbons (Fsp3) is 1.00. The highest BCUT2D eigenvalue weighted by Crippen LogP contribution is 1.91. The molecule has 0 bridgehead atoms. The molecule has 0 aromatic rings. The fourth-order valence-electron chi connectivity index (χ4n) is 0.235. The number of hydrogen-bond acceptors (Lipinski definition) is 3. The second-order valence-electron chi connectivity index (χ2n) is 1.99. The predicted molar refractivity (Wildman–Crippen MR) is 37.8 cm³/mol. The van der Waals surface area contributed by atoms with Gasteiger partial charge in [-0.15, -0.1) is 12.6 Å². The SMILES string of the molecule is CC(C)NOC(C)S. The predicted octanol–water partition coefficient (Wildman–Crippen LogP) is 1.19. The van der Waals surface area contributed by atoms with Crippen molar-refractivity contribution in [3.05, 3.63) is 0 Å². The van der Waals surface area contributed by atoms with E-state index in [4.69, 9.17) is 4.84 Å². The molecule has 0 heterocycles. The molecule has 0 saturated heterocycles. The lowest BCUT2D eigenvalue weighted by Gasteiger charge is -2.09. The van der Waals surface area contributed by atoms with Crippen LogP contribution in [-0.4, -0.2) is 11.5 Å². The van der Waals surface area contributed by atoms with Gasteiger partial charge in [0.25, 0.3) is 0 Å². The Morgan fingerprint density at radius 1 is 1.38 bits per heavy atom. The Bertz CT molecular complexity index is 48.4. The van der Waals surface area contributed by atoms with E-state index < -0.39 is 0 Å². The van der Waals surface area contributed by atoms with Gasteiger partial charge in [-0.25, -0.2) is 0 Å². The molecule has 0 aliphatic carbocycles. The molecule has 3 heteroatoms. The molecular weight excluding hydrogens is 122 g/mol. The van der Waals surface area contributed by atoms with E-state index in [0.29, 0.717) is 6.04 Å². The van der Waals surface area contributed by atoms with Gasteiger partial charge in [0.2, 0.25) is 0 Å². The molecule has 0 radical (unpaired) electrons. The minimum Gasteiger partial charge on any atom is -0.288 e. The number of thiol groups is 1. The first-order chi connectivity index (χ1) is 3.63. The highest BCUT2D eigenvalue weighted by molar-refractivity contribution is 7.80. The molecule has 0 amide bonds.